The quantitative estimate of drug-likeness (QED) is 0.741. The highest BCUT2D eigenvalue weighted by Gasteiger charge is 2.15. The van der Waals surface area contributed by atoms with Crippen molar-refractivity contribution in [3.8, 4) is 0 Å². The van der Waals surface area contributed by atoms with Crippen LogP contribution in [0, 0.1) is 0 Å². The van der Waals surface area contributed by atoms with E-state index in [4.69, 9.17) is 0 Å². The highest BCUT2D eigenvalue weighted by Crippen LogP contribution is 2.16. The van der Waals surface area contributed by atoms with Crippen molar-refractivity contribution < 1.29 is 0 Å². The van der Waals surface area contributed by atoms with Crippen molar-refractivity contribution in [1.82, 2.24) is 9.80 Å². The fourth-order valence-electron chi connectivity index (χ4n) is 3.88. The largest absolute Gasteiger partial charge is 0.374 e. The normalized spacial score (nSPS) is 18.4. The summed E-state index contributed by atoms with van der Waals surface area (Å²) in [6.45, 7) is 8.64. The van der Waals surface area contributed by atoms with Gasteiger partial charge in [-0.05, 0) is 48.8 Å². The molecule has 2 fully saturated rings. The molecular weight excluding hydrogens is 344 g/mol. The lowest BCUT2D eigenvalue weighted by Crippen LogP contribution is -2.44. The van der Waals surface area contributed by atoms with Gasteiger partial charge in [0, 0.05) is 63.7 Å². The minimum absolute atomic E-state index is 1.08. The Bertz CT molecular complexity index is 688. The number of nitrogens with zero attached hydrogens (tertiary/aromatic N) is 4. The molecule has 4 rings (SSSR count). The number of piperazine rings is 2. The van der Waals surface area contributed by atoms with Crippen LogP contribution in [-0.4, -0.2) is 62.2 Å². The van der Waals surface area contributed by atoms with E-state index in [2.05, 4.69) is 105 Å². The summed E-state index contributed by atoms with van der Waals surface area (Å²) < 4.78 is 0. The van der Waals surface area contributed by atoms with Crippen molar-refractivity contribution in [2.45, 2.75) is 0 Å². The van der Waals surface area contributed by atoms with E-state index in [9.17, 15) is 0 Å². The number of anilines is 2. The summed E-state index contributed by atoms with van der Waals surface area (Å²) in [5, 5.41) is 0. The number of hydrogen-bond donors (Lipinski definition) is 0. The minimum atomic E-state index is 1.08. The van der Waals surface area contributed by atoms with Crippen molar-refractivity contribution in [2.75, 3.05) is 62.2 Å². The van der Waals surface area contributed by atoms with E-state index >= 15 is 0 Å². The van der Waals surface area contributed by atoms with Gasteiger partial charge in [0.05, 0.1) is 0 Å². The molecule has 4 heteroatoms. The van der Waals surface area contributed by atoms with Gasteiger partial charge in [0.25, 0.3) is 0 Å². The summed E-state index contributed by atoms with van der Waals surface area (Å²) in [5.74, 6) is 0. The molecule has 0 radical (unpaired) electrons. The van der Waals surface area contributed by atoms with E-state index in [-0.39, 0.29) is 0 Å². The van der Waals surface area contributed by atoms with Gasteiger partial charge in [-0.15, -0.1) is 0 Å². The van der Waals surface area contributed by atoms with E-state index in [1.54, 1.807) is 0 Å². The predicted molar refractivity (Wildman–Crippen MR) is 119 cm³/mol. The second-order valence-corrected chi connectivity index (χ2v) is 7.40. The SMILES string of the molecule is C(C=CN1CCN(c2ccccc2)CC1)=CN1CCN(c2ccccc2)CC1. The lowest BCUT2D eigenvalue weighted by Gasteiger charge is -2.36. The zero-order chi connectivity index (χ0) is 19.0. The molecule has 0 saturated carbocycles. The van der Waals surface area contributed by atoms with Gasteiger partial charge in [0.15, 0.2) is 0 Å². The van der Waals surface area contributed by atoms with Crippen molar-refractivity contribution in [1.29, 1.82) is 0 Å². The lowest BCUT2D eigenvalue weighted by atomic mass is 10.2. The van der Waals surface area contributed by atoms with Crippen molar-refractivity contribution in [3.63, 3.8) is 0 Å². The van der Waals surface area contributed by atoms with Crippen LogP contribution in [0.5, 0.6) is 0 Å². The van der Waals surface area contributed by atoms with E-state index in [0.29, 0.717) is 0 Å². The van der Waals surface area contributed by atoms with Gasteiger partial charge in [0.2, 0.25) is 0 Å². The van der Waals surface area contributed by atoms with Gasteiger partial charge in [-0.1, -0.05) is 36.4 Å². The van der Waals surface area contributed by atoms with Gasteiger partial charge in [-0.25, -0.2) is 0 Å². The number of para-hydroxylation sites is 2. The molecule has 4 nitrogen and oxygen atoms in total. The molecule has 0 atom stereocenters. The molecule has 28 heavy (non-hydrogen) atoms. The average molecular weight is 375 g/mol. The summed E-state index contributed by atoms with van der Waals surface area (Å²) in [6, 6.07) is 21.4. The lowest BCUT2D eigenvalue weighted by molar-refractivity contribution is 0.346. The zero-order valence-electron chi connectivity index (χ0n) is 16.5. The molecule has 0 amide bonds. The van der Waals surface area contributed by atoms with Crippen LogP contribution in [0.4, 0.5) is 11.4 Å². The minimum Gasteiger partial charge on any atom is -0.374 e. The zero-order valence-corrected chi connectivity index (χ0v) is 16.5. The van der Waals surface area contributed by atoms with Gasteiger partial charge in [-0.3, -0.25) is 0 Å². The molecule has 0 N–H and O–H groups in total. The first-order valence-corrected chi connectivity index (χ1v) is 10.3. The molecule has 2 aromatic carbocycles. The summed E-state index contributed by atoms with van der Waals surface area (Å²) in [4.78, 5) is 9.76. The third-order valence-electron chi connectivity index (χ3n) is 5.58. The van der Waals surface area contributed by atoms with Crippen LogP contribution >= 0.6 is 0 Å². The maximum Gasteiger partial charge on any atom is 0.0367 e. The Morgan fingerprint density at radius 3 is 1.18 bits per heavy atom. The standard InChI is InChI=1S/C24H30N4/c1-3-9-23(10-4-1)27-19-15-25(16-20-27)13-7-8-14-26-17-21-28(22-18-26)24-11-5-2-6-12-24/h1-14H,15-22H2. The number of allylic oxidation sites excluding steroid dienone is 2. The first-order valence-electron chi connectivity index (χ1n) is 10.3. The molecule has 0 unspecified atom stereocenters. The van der Waals surface area contributed by atoms with Crippen molar-refractivity contribution in [2.24, 2.45) is 0 Å². The van der Waals surface area contributed by atoms with Crippen LogP contribution in [0.2, 0.25) is 0 Å². The van der Waals surface area contributed by atoms with E-state index < -0.39 is 0 Å². The van der Waals surface area contributed by atoms with Gasteiger partial charge >= 0.3 is 0 Å². The Labute approximate surface area is 169 Å². The molecule has 2 saturated heterocycles. The van der Waals surface area contributed by atoms with Crippen LogP contribution < -0.4 is 9.80 Å². The summed E-state index contributed by atoms with van der Waals surface area (Å²) in [7, 11) is 0. The molecule has 2 aliphatic rings. The second kappa shape index (κ2) is 9.36. The molecule has 0 spiro atoms. The van der Waals surface area contributed by atoms with Gasteiger partial charge < -0.3 is 19.6 Å². The molecule has 2 heterocycles. The van der Waals surface area contributed by atoms with Crippen LogP contribution in [0.25, 0.3) is 0 Å². The predicted octanol–water partition coefficient (Wildman–Crippen LogP) is 3.66. The maximum absolute atomic E-state index is 2.46. The van der Waals surface area contributed by atoms with E-state index in [0.717, 1.165) is 52.4 Å². The fourth-order valence-corrected chi connectivity index (χ4v) is 3.88. The molecule has 0 aliphatic carbocycles. The van der Waals surface area contributed by atoms with Crippen molar-refractivity contribution >= 4 is 11.4 Å². The third kappa shape index (κ3) is 4.89. The molecular formula is C24H30N4. The number of benzene rings is 2. The first-order chi connectivity index (χ1) is 13.9. The van der Waals surface area contributed by atoms with Gasteiger partial charge in [0.1, 0.15) is 0 Å². The highest BCUT2D eigenvalue weighted by molar-refractivity contribution is 5.47. The summed E-state index contributed by atoms with van der Waals surface area (Å²) >= 11 is 0. The summed E-state index contributed by atoms with van der Waals surface area (Å²) in [5.41, 5.74) is 2.67. The molecule has 0 bridgehead atoms. The Morgan fingerprint density at radius 2 is 0.821 bits per heavy atom. The Hall–Kier alpha value is -2.88. The van der Waals surface area contributed by atoms with Crippen molar-refractivity contribution in [3.05, 3.63) is 85.2 Å². The third-order valence-corrected chi connectivity index (χ3v) is 5.58. The topological polar surface area (TPSA) is 13.0 Å². The molecule has 0 aromatic heterocycles. The van der Waals surface area contributed by atoms with Crippen LogP contribution in [0.1, 0.15) is 0 Å². The van der Waals surface area contributed by atoms with Crippen LogP contribution in [0.3, 0.4) is 0 Å². The molecule has 2 aliphatic heterocycles. The second-order valence-electron chi connectivity index (χ2n) is 7.40. The highest BCUT2D eigenvalue weighted by atomic mass is 15.3. The van der Waals surface area contributed by atoms with Gasteiger partial charge in [-0.2, -0.15) is 0 Å². The Morgan fingerprint density at radius 1 is 0.464 bits per heavy atom. The number of rotatable bonds is 5. The van der Waals surface area contributed by atoms with Crippen LogP contribution in [-0.2, 0) is 0 Å². The first kappa shape index (κ1) is 18.5. The smallest absolute Gasteiger partial charge is 0.0367 e. The molecule has 146 valence electrons. The Kier molecular flexibility index (Phi) is 6.18. The fraction of sp³-hybridized carbons (Fsp3) is 0.333. The Balaban J connectivity index is 1.18. The average Bonchev–Trinajstić information content (AvgIpc) is 2.79. The monoisotopic (exact) mass is 374 g/mol. The van der Waals surface area contributed by atoms with Crippen LogP contribution in [0.15, 0.2) is 85.2 Å². The summed E-state index contributed by atoms with van der Waals surface area (Å²) in [6.07, 6.45) is 8.83. The van der Waals surface area contributed by atoms with E-state index in [1.165, 1.54) is 11.4 Å². The number of hydrogen-bond acceptors (Lipinski definition) is 4. The molecule has 2 aromatic rings. The van der Waals surface area contributed by atoms with E-state index in [1.807, 2.05) is 0 Å². The maximum atomic E-state index is 2.46.